The van der Waals surface area contributed by atoms with Gasteiger partial charge in [0, 0.05) is 24.9 Å². The standard InChI is InChI=1S/C11H20N2O5S2/c14-11(9-1-3-12(5-9)7-19(15)16)10-2-4-13(6-10)8-20(17)18/h9-10,19-20H,1-8H2. The van der Waals surface area contributed by atoms with Gasteiger partial charge in [0.2, 0.25) is 0 Å². The molecular weight excluding hydrogens is 304 g/mol. The molecule has 0 amide bonds. The van der Waals surface area contributed by atoms with Crippen LogP contribution in [0.5, 0.6) is 0 Å². The summed E-state index contributed by atoms with van der Waals surface area (Å²) in [6, 6.07) is 0. The minimum absolute atomic E-state index is 0.0204. The SMILES string of the molecule is O=C(C1CCN(C[SH](=O)=O)C1)C1CCN(C[SH](=O)=O)C1. The van der Waals surface area contributed by atoms with Crippen LogP contribution in [0.1, 0.15) is 12.8 Å². The minimum atomic E-state index is -2.44. The highest BCUT2D eigenvalue weighted by molar-refractivity contribution is 7.72. The van der Waals surface area contributed by atoms with Gasteiger partial charge >= 0.3 is 0 Å². The maximum Gasteiger partial charge on any atom is 0.153 e. The van der Waals surface area contributed by atoms with Gasteiger partial charge in [-0.15, -0.1) is 0 Å². The number of rotatable bonds is 6. The van der Waals surface area contributed by atoms with E-state index in [9.17, 15) is 21.6 Å². The zero-order valence-corrected chi connectivity index (χ0v) is 12.9. The van der Waals surface area contributed by atoms with Gasteiger partial charge in [0.1, 0.15) is 5.78 Å². The monoisotopic (exact) mass is 324 g/mol. The molecule has 0 bridgehead atoms. The van der Waals surface area contributed by atoms with E-state index in [1.54, 1.807) is 9.80 Å². The summed E-state index contributed by atoms with van der Waals surface area (Å²) < 4.78 is 42.7. The topological polar surface area (TPSA) is 91.8 Å². The molecule has 2 heterocycles. The summed E-state index contributed by atoms with van der Waals surface area (Å²) in [7, 11) is -4.88. The average molecular weight is 324 g/mol. The molecule has 0 radical (unpaired) electrons. The number of hydrogen-bond acceptors (Lipinski definition) is 7. The number of Topliss-reactive ketones (excluding diaryl/α,β-unsaturated/α-hetero) is 1. The smallest absolute Gasteiger partial charge is 0.153 e. The van der Waals surface area contributed by atoms with Crippen LogP contribution in [0.4, 0.5) is 0 Å². The van der Waals surface area contributed by atoms with E-state index in [-0.39, 0.29) is 29.4 Å². The molecule has 0 saturated carbocycles. The molecule has 2 rings (SSSR count). The third kappa shape index (κ3) is 4.24. The summed E-state index contributed by atoms with van der Waals surface area (Å²) >= 11 is 0. The first kappa shape index (κ1) is 15.9. The Kier molecular flexibility index (Phi) is 5.53. The minimum Gasteiger partial charge on any atom is -0.299 e. The molecular formula is C11H20N2O5S2. The van der Waals surface area contributed by atoms with E-state index < -0.39 is 21.4 Å². The van der Waals surface area contributed by atoms with Crippen molar-refractivity contribution >= 4 is 27.2 Å². The van der Waals surface area contributed by atoms with Crippen LogP contribution in [-0.2, 0) is 26.2 Å². The predicted octanol–water partition coefficient (Wildman–Crippen LogP) is -1.66. The molecule has 0 aromatic carbocycles. The lowest BCUT2D eigenvalue weighted by molar-refractivity contribution is -0.126. The van der Waals surface area contributed by atoms with E-state index in [1.807, 2.05) is 0 Å². The first-order chi connectivity index (χ1) is 9.45. The number of hydrogen-bond donors (Lipinski definition) is 2. The summed E-state index contributed by atoms with van der Waals surface area (Å²) in [6.45, 7) is 2.30. The van der Waals surface area contributed by atoms with Crippen LogP contribution < -0.4 is 0 Å². The number of nitrogens with zero attached hydrogens (tertiary/aromatic N) is 2. The molecule has 20 heavy (non-hydrogen) atoms. The highest BCUT2D eigenvalue weighted by Crippen LogP contribution is 2.25. The van der Waals surface area contributed by atoms with Crippen molar-refractivity contribution in [3.8, 4) is 0 Å². The number of thiol groups is 2. The summed E-state index contributed by atoms with van der Waals surface area (Å²) in [5.41, 5.74) is 0. The van der Waals surface area contributed by atoms with E-state index in [0.29, 0.717) is 39.0 Å². The van der Waals surface area contributed by atoms with Gasteiger partial charge < -0.3 is 0 Å². The molecule has 0 aromatic heterocycles. The van der Waals surface area contributed by atoms with Gasteiger partial charge in [0.15, 0.2) is 21.4 Å². The maximum absolute atomic E-state index is 12.4. The number of ketones is 1. The van der Waals surface area contributed by atoms with Crippen LogP contribution in [0, 0.1) is 11.8 Å². The molecule has 2 aliphatic rings. The molecule has 0 spiro atoms. The largest absolute Gasteiger partial charge is 0.299 e. The van der Waals surface area contributed by atoms with Crippen LogP contribution in [0.3, 0.4) is 0 Å². The Bertz CT molecular complexity index is 457. The quantitative estimate of drug-likeness (QED) is 0.565. The van der Waals surface area contributed by atoms with Crippen molar-refractivity contribution in [2.75, 3.05) is 37.9 Å². The molecule has 2 saturated heterocycles. The van der Waals surface area contributed by atoms with Crippen LogP contribution in [0.2, 0.25) is 0 Å². The van der Waals surface area contributed by atoms with Gasteiger partial charge in [-0.25, -0.2) is 16.8 Å². The number of carbonyl (C=O) groups is 1. The zero-order chi connectivity index (χ0) is 14.7. The second-order valence-electron chi connectivity index (χ2n) is 5.48. The lowest BCUT2D eigenvalue weighted by Crippen LogP contribution is -2.30. The van der Waals surface area contributed by atoms with Gasteiger partial charge in [-0.2, -0.15) is 0 Å². The molecule has 116 valence electrons. The van der Waals surface area contributed by atoms with E-state index in [0.717, 1.165) is 0 Å². The van der Waals surface area contributed by atoms with Crippen molar-refractivity contribution in [2.24, 2.45) is 11.8 Å². The van der Waals surface area contributed by atoms with E-state index in [2.05, 4.69) is 0 Å². The molecule has 2 atom stereocenters. The maximum atomic E-state index is 12.4. The number of carbonyl (C=O) groups excluding carboxylic acids is 1. The van der Waals surface area contributed by atoms with Crippen LogP contribution in [-0.4, -0.2) is 70.4 Å². The Balaban J connectivity index is 1.84. The number of likely N-dealkylation sites (tertiary alicyclic amines) is 2. The molecule has 2 unspecified atom stereocenters. The van der Waals surface area contributed by atoms with E-state index >= 15 is 0 Å². The Labute approximate surface area is 121 Å². The fourth-order valence-electron chi connectivity index (χ4n) is 3.05. The molecule has 2 fully saturated rings. The Morgan fingerprint density at radius 2 is 1.25 bits per heavy atom. The van der Waals surface area contributed by atoms with Crippen molar-refractivity contribution in [3.63, 3.8) is 0 Å². The lowest BCUT2D eigenvalue weighted by atomic mass is 9.91. The molecule has 0 aliphatic carbocycles. The Morgan fingerprint density at radius 3 is 1.60 bits per heavy atom. The lowest BCUT2D eigenvalue weighted by Gasteiger charge is -2.16. The highest BCUT2D eigenvalue weighted by atomic mass is 32.2. The first-order valence-electron chi connectivity index (χ1n) is 6.67. The van der Waals surface area contributed by atoms with E-state index in [1.165, 1.54) is 0 Å². The summed E-state index contributed by atoms with van der Waals surface area (Å²) in [5.74, 6) is 0.00291. The molecule has 2 aliphatic heterocycles. The van der Waals surface area contributed by atoms with Gasteiger partial charge in [0.25, 0.3) is 0 Å². The first-order valence-corrected chi connectivity index (χ1v) is 9.40. The van der Waals surface area contributed by atoms with Crippen LogP contribution in [0.25, 0.3) is 0 Å². The van der Waals surface area contributed by atoms with Gasteiger partial charge in [0.05, 0.1) is 11.8 Å². The van der Waals surface area contributed by atoms with Crippen molar-refractivity contribution < 1.29 is 21.6 Å². The second kappa shape index (κ2) is 6.97. The highest BCUT2D eigenvalue weighted by Gasteiger charge is 2.36. The summed E-state index contributed by atoms with van der Waals surface area (Å²) in [4.78, 5) is 15.9. The van der Waals surface area contributed by atoms with Gasteiger partial charge in [-0.3, -0.25) is 14.6 Å². The normalized spacial score (nSPS) is 28.7. The molecule has 0 N–H and O–H groups in total. The molecule has 9 heteroatoms. The van der Waals surface area contributed by atoms with Crippen molar-refractivity contribution in [1.82, 2.24) is 9.80 Å². The molecule has 7 nitrogen and oxygen atoms in total. The van der Waals surface area contributed by atoms with Gasteiger partial charge in [-0.05, 0) is 25.9 Å². The van der Waals surface area contributed by atoms with Crippen molar-refractivity contribution in [3.05, 3.63) is 0 Å². The second-order valence-corrected chi connectivity index (χ2v) is 7.37. The summed E-state index contributed by atoms with van der Waals surface area (Å²) in [6.07, 6.45) is 1.41. The van der Waals surface area contributed by atoms with Crippen molar-refractivity contribution in [2.45, 2.75) is 12.8 Å². The predicted molar refractivity (Wildman–Crippen MR) is 74.7 cm³/mol. The van der Waals surface area contributed by atoms with Crippen LogP contribution >= 0.6 is 0 Å². The third-order valence-electron chi connectivity index (χ3n) is 3.98. The third-order valence-corrected chi connectivity index (χ3v) is 5.24. The Hall–Kier alpha value is -0.510. The fraction of sp³-hybridized carbons (Fsp3) is 0.909. The zero-order valence-electron chi connectivity index (χ0n) is 11.1. The summed E-state index contributed by atoms with van der Waals surface area (Å²) in [5, 5.41) is 0. The Morgan fingerprint density at radius 1 is 0.850 bits per heavy atom. The van der Waals surface area contributed by atoms with Gasteiger partial charge in [-0.1, -0.05) is 0 Å². The molecule has 0 aromatic rings. The van der Waals surface area contributed by atoms with E-state index in [4.69, 9.17) is 0 Å². The van der Waals surface area contributed by atoms with Crippen molar-refractivity contribution in [1.29, 1.82) is 0 Å². The fourth-order valence-corrected chi connectivity index (χ4v) is 4.21. The van der Waals surface area contributed by atoms with Crippen LogP contribution in [0.15, 0.2) is 0 Å². The average Bonchev–Trinajstić information content (AvgIpc) is 2.96.